The Morgan fingerprint density at radius 3 is 2.38 bits per heavy atom. The smallest absolute Gasteiger partial charge is 0.275 e. The molecular weight excluding hydrogens is 364 g/mol. The normalized spacial score (nSPS) is 12.3. The Morgan fingerprint density at radius 2 is 1.76 bits per heavy atom. The highest BCUT2D eigenvalue weighted by molar-refractivity contribution is 5.83. The number of aryl methyl sites for hydroxylation is 2. The van der Waals surface area contributed by atoms with Gasteiger partial charge < -0.3 is 10.2 Å². The number of hydrogen-bond donors (Lipinski definition) is 1. The van der Waals surface area contributed by atoms with E-state index < -0.39 is 0 Å². The molecule has 1 N–H and O–H groups in total. The summed E-state index contributed by atoms with van der Waals surface area (Å²) >= 11 is 0. The van der Waals surface area contributed by atoms with Gasteiger partial charge in [-0.05, 0) is 44.6 Å². The second kappa shape index (κ2) is 9.01. The number of rotatable bonds is 7. The average molecular weight is 393 g/mol. The van der Waals surface area contributed by atoms with Crippen LogP contribution < -0.4 is 10.9 Å². The molecule has 0 fully saturated rings. The van der Waals surface area contributed by atoms with Crippen LogP contribution in [0.5, 0.6) is 0 Å². The van der Waals surface area contributed by atoms with Crippen molar-refractivity contribution in [3.63, 3.8) is 0 Å². The summed E-state index contributed by atoms with van der Waals surface area (Å²) in [4.78, 5) is 27.3. The number of amides is 1. The highest BCUT2D eigenvalue weighted by Crippen LogP contribution is 2.18. The molecule has 0 saturated heterocycles. The SMILES string of the molecule is CCc1ccc(C(CNC(=O)Cn2nc(C)c3ccccc3c2=O)N(C)C)cc1. The maximum atomic E-state index is 12.7. The monoisotopic (exact) mass is 392 g/mol. The van der Waals surface area contributed by atoms with Crippen LogP contribution in [0.3, 0.4) is 0 Å². The van der Waals surface area contributed by atoms with E-state index in [4.69, 9.17) is 0 Å². The largest absolute Gasteiger partial charge is 0.353 e. The topological polar surface area (TPSA) is 67.2 Å². The molecule has 6 heteroatoms. The van der Waals surface area contributed by atoms with E-state index in [9.17, 15) is 9.59 Å². The van der Waals surface area contributed by atoms with E-state index in [-0.39, 0.29) is 24.1 Å². The third-order valence-corrected chi connectivity index (χ3v) is 5.23. The summed E-state index contributed by atoms with van der Waals surface area (Å²) in [6, 6.07) is 15.8. The second-order valence-electron chi connectivity index (χ2n) is 7.47. The van der Waals surface area contributed by atoms with Crippen LogP contribution in [-0.2, 0) is 17.8 Å². The van der Waals surface area contributed by atoms with Crippen molar-refractivity contribution >= 4 is 16.7 Å². The van der Waals surface area contributed by atoms with E-state index in [1.165, 1.54) is 10.2 Å². The lowest BCUT2D eigenvalue weighted by atomic mass is 10.0. The number of carbonyl (C=O) groups excluding carboxylic acids is 1. The fourth-order valence-electron chi connectivity index (χ4n) is 3.49. The lowest BCUT2D eigenvalue weighted by molar-refractivity contribution is -0.122. The lowest BCUT2D eigenvalue weighted by Gasteiger charge is -2.25. The number of likely N-dealkylation sites (N-methyl/N-ethyl adjacent to an activating group) is 1. The molecule has 6 nitrogen and oxygen atoms in total. The number of carbonyl (C=O) groups is 1. The predicted octanol–water partition coefficient (Wildman–Crippen LogP) is 2.69. The van der Waals surface area contributed by atoms with Gasteiger partial charge in [0.15, 0.2) is 0 Å². The van der Waals surface area contributed by atoms with Gasteiger partial charge in [-0.25, -0.2) is 4.68 Å². The zero-order valence-electron chi connectivity index (χ0n) is 17.5. The van der Waals surface area contributed by atoms with Crippen molar-refractivity contribution in [2.45, 2.75) is 32.9 Å². The minimum absolute atomic E-state index is 0.0490. The van der Waals surface area contributed by atoms with Crippen molar-refractivity contribution in [2.75, 3.05) is 20.6 Å². The molecule has 0 aliphatic rings. The molecule has 0 spiro atoms. The third-order valence-electron chi connectivity index (χ3n) is 5.23. The molecule has 0 saturated carbocycles. The summed E-state index contributed by atoms with van der Waals surface area (Å²) in [7, 11) is 3.98. The maximum absolute atomic E-state index is 12.7. The van der Waals surface area contributed by atoms with Crippen LogP contribution in [0.2, 0.25) is 0 Å². The van der Waals surface area contributed by atoms with Crippen molar-refractivity contribution in [3.05, 3.63) is 75.7 Å². The zero-order chi connectivity index (χ0) is 21.0. The molecule has 1 unspecified atom stereocenters. The summed E-state index contributed by atoms with van der Waals surface area (Å²) in [5.74, 6) is -0.230. The summed E-state index contributed by atoms with van der Waals surface area (Å²) in [6.45, 7) is 4.33. The van der Waals surface area contributed by atoms with Gasteiger partial charge in [0.2, 0.25) is 5.91 Å². The zero-order valence-corrected chi connectivity index (χ0v) is 17.5. The minimum Gasteiger partial charge on any atom is -0.353 e. The van der Waals surface area contributed by atoms with Gasteiger partial charge in [0.25, 0.3) is 5.56 Å². The summed E-state index contributed by atoms with van der Waals surface area (Å²) < 4.78 is 1.24. The minimum atomic E-state index is -0.249. The van der Waals surface area contributed by atoms with E-state index in [0.29, 0.717) is 11.9 Å². The van der Waals surface area contributed by atoms with Crippen LogP contribution in [0.1, 0.15) is 29.8 Å². The standard InChI is InChI=1S/C23H28N4O2/c1-5-17-10-12-18(13-11-17)21(26(3)4)14-24-22(28)15-27-23(29)20-9-7-6-8-19(20)16(2)25-27/h6-13,21H,5,14-15H2,1-4H3,(H,24,28). The predicted molar refractivity (Wildman–Crippen MR) is 116 cm³/mol. The molecule has 0 bridgehead atoms. The number of fused-ring (bicyclic) bond motifs is 1. The van der Waals surface area contributed by atoms with Crippen LogP contribution in [0, 0.1) is 6.92 Å². The molecular formula is C23H28N4O2. The summed E-state index contributed by atoms with van der Waals surface area (Å²) in [5, 5.41) is 8.66. The van der Waals surface area contributed by atoms with Crippen LogP contribution >= 0.6 is 0 Å². The van der Waals surface area contributed by atoms with E-state index >= 15 is 0 Å². The molecule has 3 rings (SSSR count). The second-order valence-corrected chi connectivity index (χ2v) is 7.47. The maximum Gasteiger partial charge on any atom is 0.275 e. The number of nitrogens with one attached hydrogen (secondary N) is 1. The molecule has 152 valence electrons. The van der Waals surface area contributed by atoms with Gasteiger partial charge in [0.05, 0.1) is 17.1 Å². The van der Waals surface area contributed by atoms with Crippen molar-refractivity contribution < 1.29 is 4.79 Å². The molecule has 1 aromatic heterocycles. The quantitative estimate of drug-likeness (QED) is 0.671. The van der Waals surface area contributed by atoms with Crippen molar-refractivity contribution in [3.8, 4) is 0 Å². The van der Waals surface area contributed by atoms with E-state index in [1.54, 1.807) is 6.07 Å². The summed E-state index contributed by atoms with van der Waals surface area (Å²) in [6.07, 6.45) is 0.997. The number of aromatic nitrogens is 2. The van der Waals surface area contributed by atoms with Gasteiger partial charge in [0.1, 0.15) is 6.54 Å². The number of nitrogens with zero attached hydrogens (tertiary/aromatic N) is 3. The molecule has 0 aliphatic carbocycles. The first-order chi connectivity index (χ1) is 13.9. The van der Waals surface area contributed by atoms with Crippen LogP contribution in [0.25, 0.3) is 10.8 Å². The van der Waals surface area contributed by atoms with Crippen molar-refractivity contribution in [1.82, 2.24) is 20.0 Å². The van der Waals surface area contributed by atoms with Gasteiger partial charge in [-0.2, -0.15) is 5.10 Å². The van der Waals surface area contributed by atoms with Gasteiger partial charge in [-0.3, -0.25) is 9.59 Å². The van der Waals surface area contributed by atoms with Gasteiger partial charge >= 0.3 is 0 Å². The van der Waals surface area contributed by atoms with Crippen LogP contribution in [0.4, 0.5) is 0 Å². The fourth-order valence-corrected chi connectivity index (χ4v) is 3.49. The molecule has 29 heavy (non-hydrogen) atoms. The van der Waals surface area contributed by atoms with E-state index in [1.807, 2.05) is 39.2 Å². The van der Waals surface area contributed by atoms with Crippen molar-refractivity contribution in [1.29, 1.82) is 0 Å². The van der Waals surface area contributed by atoms with Crippen molar-refractivity contribution in [2.24, 2.45) is 0 Å². The van der Waals surface area contributed by atoms with E-state index in [0.717, 1.165) is 23.1 Å². The fraction of sp³-hybridized carbons (Fsp3) is 0.348. The molecule has 1 amide bonds. The Bertz CT molecular complexity index is 1050. The van der Waals surface area contributed by atoms with Gasteiger partial charge in [-0.1, -0.05) is 49.4 Å². The number of hydrogen-bond acceptors (Lipinski definition) is 4. The molecule has 1 atom stereocenters. The first kappa shape index (κ1) is 20.7. The van der Waals surface area contributed by atoms with Crippen LogP contribution in [-0.4, -0.2) is 41.2 Å². The molecule has 0 radical (unpaired) electrons. The first-order valence-electron chi connectivity index (χ1n) is 9.89. The summed E-state index contributed by atoms with van der Waals surface area (Å²) in [5.41, 5.74) is 2.91. The highest BCUT2D eigenvalue weighted by atomic mass is 16.2. The molecule has 0 aliphatic heterocycles. The van der Waals surface area contributed by atoms with Gasteiger partial charge in [0, 0.05) is 11.9 Å². The Hall–Kier alpha value is -2.99. The van der Waals surface area contributed by atoms with E-state index in [2.05, 4.69) is 46.5 Å². The first-order valence-corrected chi connectivity index (χ1v) is 9.89. The average Bonchev–Trinajstić information content (AvgIpc) is 2.72. The number of benzene rings is 2. The molecule has 3 aromatic rings. The Balaban J connectivity index is 1.72. The lowest BCUT2D eigenvalue weighted by Crippen LogP contribution is -2.38. The molecule has 1 heterocycles. The Morgan fingerprint density at radius 1 is 1.10 bits per heavy atom. The highest BCUT2D eigenvalue weighted by Gasteiger charge is 2.16. The Labute approximate surface area is 171 Å². The third kappa shape index (κ3) is 4.71. The van der Waals surface area contributed by atoms with Gasteiger partial charge in [-0.15, -0.1) is 0 Å². The molecule has 2 aromatic carbocycles. The van der Waals surface area contributed by atoms with Crippen LogP contribution in [0.15, 0.2) is 53.3 Å². The Kier molecular flexibility index (Phi) is 6.44.